The zero-order valence-corrected chi connectivity index (χ0v) is 32.4. The van der Waals surface area contributed by atoms with Crippen LogP contribution in [0.2, 0.25) is 0 Å². The lowest BCUT2D eigenvalue weighted by atomic mass is 9.73. The van der Waals surface area contributed by atoms with E-state index < -0.39 is 59.2 Å². The second-order valence-corrected chi connectivity index (χ2v) is 16.8. The van der Waals surface area contributed by atoms with Crippen LogP contribution in [0.1, 0.15) is 69.0 Å². The van der Waals surface area contributed by atoms with Crippen molar-refractivity contribution in [3.05, 3.63) is 75.0 Å². The van der Waals surface area contributed by atoms with Gasteiger partial charge >= 0.3 is 11.9 Å². The smallest absolute Gasteiger partial charge is 0.335 e. The minimum absolute atomic E-state index is 0.0314. The summed E-state index contributed by atoms with van der Waals surface area (Å²) in [4.78, 5) is 32.0. The zero-order valence-electron chi connectivity index (χ0n) is 31.6. The predicted molar refractivity (Wildman–Crippen MR) is 202 cm³/mol. The topological polar surface area (TPSA) is 173 Å². The fraction of sp³-hybridized carbons (Fsp3) is 0.463. The Morgan fingerprint density at radius 3 is 2.64 bits per heavy atom. The standard InChI is InChI=1S/C41H43N3O11S/c1-17-10-20-11-24-39(48)44-25-14-51-40(49)41(38-23(12-21(13-45)42-41)22-8-6-7-9-26(22)55-38)15-56-37(31(44)30(43(24)4)27(20)32(47)33(17)50-5)29-28(25)36-35(52-16-53-36)18(2)34(29)54-19(3)46/h6-10,21,24-25,30-31,37,39,42,45,47-48H,11-16H2,1-5H3/t21-,24-,25-,30-,31+,37+,39-,41+/m0/s1. The van der Waals surface area contributed by atoms with Crippen molar-refractivity contribution in [2.24, 2.45) is 0 Å². The van der Waals surface area contributed by atoms with Gasteiger partial charge in [-0.25, -0.2) is 4.79 Å². The Labute approximate surface area is 326 Å². The van der Waals surface area contributed by atoms with Gasteiger partial charge in [-0.05, 0) is 50.9 Å². The van der Waals surface area contributed by atoms with Crippen LogP contribution in [-0.2, 0) is 32.7 Å². The number of esters is 2. The third kappa shape index (κ3) is 4.75. The summed E-state index contributed by atoms with van der Waals surface area (Å²) in [6.07, 6.45) is -0.181. The first-order chi connectivity index (χ1) is 27.0. The molecule has 56 heavy (non-hydrogen) atoms. The summed E-state index contributed by atoms with van der Waals surface area (Å²) in [5.41, 5.74) is 4.13. The number of aliphatic hydroxyl groups is 2. The number of rotatable bonds is 3. The van der Waals surface area contributed by atoms with Crippen LogP contribution in [0.25, 0.3) is 11.0 Å². The number of nitrogens with one attached hydrogen (secondary N) is 1. The summed E-state index contributed by atoms with van der Waals surface area (Å²) in [6, 6.07) is 6.82. The number of aliphatic hydroxyl groups excluding tert-OH is 2. The second kappa shape index (κ2) is 12.7. The van der Waals surface area contributed by atoms with E-state index in [1.807, 2.05) is 56.1 Å². The molecule has 2 fully saturated rings. The number of nitrogens with zero attached hydrogens (tertiary/aromatic N) is 2. The van der Waals surface area contributed by atoms with E-state index >= 15 is 0 Å². The van der Waals surface area contributed by atoms with Crippen molar-refractivity contribution in [2.75, 3.05) is 39.9 Å². The SMILES string of the molecule is COc1c(C)cc2c(c1O)[C@H]1[C@@H]3[C@@H]4SC[C@]5(N[C@H](CO)Cc6c5oc5ccccc65)C(=O)OC[C@@H](c5c6c(c(C)c(OC(C)=O)c54)OCO6)N3[C@@H](O)[C@H](C2)N1C. The molecule has 3 aromatic carbocycles. The van der Waals surface area contributed by atoms with Gasteiger partial charge in [0.15, 0.2) is 28.5 Å². The summed E-state index contributed by atoms with van der Waals surface area (Å²) in [5.74, 6) is 0.970. The molecule has 0 radical (unpaired) electrons. The number of carbonyl (C=O) groups is 2. The average molecular weight is 786 g/mol. The Hall–Kier alpha value is -4.51. The van der Waals surface area contributed by atoms with Crippen LogP contribution in [0.4, 0.5) is 0 Å². The molecule has 15 heteroatoms. The van der Waals surface area contributed by atoms with Gasteiger partial charge in [0.25, 0.3) is 0 Å². The molecule has 0 aliphatic carbocycles. The molecule has 4 aromatic rings. The average Bonchev–Trinajstić information content (AvgIpc) is 3.82. The fourth-order valence-electron chi connectivity index (χ4n) is 10.5. The van der Waals surface area contributed by atoms with E-state index in [-0.39, 0.29) is 31.5 Å². The lowest BCUT2D eigenvalue weighted by molar-refractivity contribution is -0.186. The Morgan fingerprint density at radius 1 is 1.09 bits per heavy atom. The van der Waals surface area contributed by atoms with Crippen LogP contribution < -0.4 is 24.3 Å². The molecule has 294 valence electrons. The van der Waals surface area contributed by atoms with Gasteiger partial charge in [-0.1, -0.05) is 24.3 Å². The highest BCUT2D eigenvalue weighted by Crippen LogP contribution is 2.64. The minimum Gasteiger partial charge on any atom is -0.504 e. The molecule has 8 heterocycles. The van der Waals surface area contributed by atoms with E-state index in [0.29, 0.717) is 69.4 Å². The molecule has 7 aliphatic heterocycles. The minimum atomic E-state index is -1.53. The highest BCUT2D eigenvalue weighted by atomic mass is 32.2. The number of aryl methyl sites for hydroxylation is 1. The largest absolute Gasteiger partial charge is 0.504 e. The van der Waals surface area contributed by atoms with Crippen LogP contribution in [-0.4, -0.2) is 101 Å². The van der Waals surface area contributed by atoms with Crippen molar-refractivity contribution in [3.63, 3.8) is 0 Å². The summed E-state index contributed by atoms with van der Waals surface area (Å²) in [7, 11) is 3.49. The number of hydrogen-bond acceptors (Lipinski definition) is 15. The van der Waals surface area contributed by atoms with Crippen molar-refractivity contribution in [2.45, 2.75) is 80.8 Å². The molecule has 14 nitrogen and oxygen atoms in total. The van der Waals surface area contributed by atoms with Crippen LogP contribution in [0.15, 0.2) is 34.7 Å². The number of fused-ring (bicyclic) bond motifs is 11. The third-order valence-corrected chi connectivity index (χ3v) is 14.3. The molecule has 4 bridgehead atoms. The molecule has 2 saturated heterocycles. The van der Waals surface area contributed by atoms with E-state index in [9.17, 15) is 24.9 Å². The van der Waals surface area contributed by atoms with Gasteiger partial charge in [0.1, 0.15) is 29.9 Å². The van der Waals surface area contributed by atoms with E-state index in [4.69, 9.17) is 28.1 Å². The third-order valence-electron chi connectivity index (χ3n) is 12.8. The number of piperazine rings is 1. The summed E-state index contributed by atoms with van der Waals surface area (Å²) in [6.45, 7) is 4.53. The van der Waals surface area contributed by atoms with Gasteiger partial charge < -0.3 is 43.4 Å². The summed E-state index contributed by atoms with van der Waals surface area (Å²) < 4.78 is 37.1. The number of phenols is 1. The van der Waals surface area contributed by atoms with Gasteiger partial charge in [-0.3, -0.25) is 19.9 Å². The molecule has 0 amide bonds. The first-order valence-electron chi connectivity index (χ1n) is 18.9. The van der Waals surface area contributed by atoms with Crippen molar-refractivity contribution in [1.82, 2.24) is 15.1 Å². The van der Waals surface area contributed by atoms with Gasteiger partial charge in [-0.15, -0.1) is 11.8 Å². The summed E-state index contributed by atoms with van der Waals surface area (Å²) in [5, 5.41) is 39.0. The molecule has 0 unspecified atom stereocenters. The highest BCUT2D eigenvalue weighted by Gasteiger charge is 2.62. The molecule has 1 spiro atoms. The van der Waals surface area contributed by atoms with Gasteiger partial charge in [0.05, 0.1) is 37.1 Å². The molecular formula is C41H43N3O11S. The monoisotopic (exact) mass is 785 g/mol. The lowest BCUT2D eigenvalue weighted by Crippen LogP contribution is -2.70. The number of phenolic OH excluding ortho intramolecular Hbond substituents is 1. The first-order valence-corrected chi connectivity index (χ1v) is 19.9. The molecular weight excluding hydrogens is 743 g/mol. The number of methoxy groups -OCH3 is 1. The number of likely N-dealkylation sites (N-methyl/N-ethyl adjacent to an activating group) is 1. The molecule has 11 rings (SSSR count). The number of thioether (sulfide) groups is 1. The summed E-state index contributed by atoms with van der Waals surface area (Å²) >= 11 is 1.43. The van der Waals surface area contributed by atoms with E-state index in [0.717, 1.165) is 22.1 Å². The van der Waals surface area contributed by atoms with E-state index in [1.165, 1.54) is 25.8 Å². The first kappa shape index (κ1) is 35.9. The van der Waals surface area contributed by atoms with Crippen LogP contribution in [0, 0.1) is 13.8 Å². The van der Waals surface area contributed by atoms with Gasteiger partial charge in [-0.2, -0.15) is 0 Å². The zero-order chi connectivity index (χ0) is 38.9. The molecule has 1 aromatic heterocycles. The van der Waals surface area contributed by atoms with E-state index in [1.54, 1.807) is 0 Å². The number of furan rings is 1. The molecule has 0 saturated carbocycles. The van der Waals surface area contributed by atoms with Crippen molar-refractivity contribution >= 4 is 34.7 Å². The molecule has 7 aliphatic rings. The number of hydrogen-bond donors (Lipinski definition) is 4. The maximum absolute atomic E-state index is 14.9. The fourth-order valence-corrected chi connectivity index (χ4v) is 12.2. The van der Waals surface area contributed by atoms with Gasteiger partial charge in [0, 0.05) is 58.0 Å². The quantitative estimate of drug-likeness (QED) is 0.175. The van der Waals surface area contributed by atoms with E-state index in [2.05, 4.69) is 10.2 Å². The Morgan fingerprint density at radius 2 is 1.88 bits per heavy atom. The highest BCUT2D eigenvalue weighted by molar-refractivity contribution is 7.99. The maximum Gasteiger partial charge on any atom is 0.335 e. The van der Waals surface area contributed by atoms with Crippen LogP contribution in [0.3, 0.4) is 0 Å². The number of carbonyl (C=O) groups excluding carboxylic acids is 2. The Kier molecular flexibility index (Phi) is 8.17. The van der Waals surface area contributed by atoms with Crippen molar-refractivity contribution in [1.29, 1.82) is 0 Å². The van der Waals surface area contributed by atoms with Crippen molar-refractivity contribution in [3.8, 4) is 28.7 Å². The number of benzene rings is 3. The maximum atomic E-state index is 14.9. The lowest BCUT2D eigenvalue weighted by Gasteiger charge is -2.62. The van der Waals surface area contributed by atoms with Crippen LogP contribution in [0.5, 0.6) is 28.7 Å². The molecule has 4 N–H and O–H groups in total. The Bertz CT molecular complexity index is 2350. The van der Waals surface area contributed by atoms with Crippen LogP contribution >= 0.6 is 11.8 Å². The molecule has 8 atom stereocenters. The number of ether oxygens (including phenoxy) is 5. The second-order valence-electron chi connectivity index (χ2n) is 15.7. The number of aromatic hydroxyl groups is 1. The van der Waals surface area contributed by atoms with Crippen molar-refractivity contribution < 1.29 is 53.0 Å². The Balaban J connectivity index is 1.25. The normalized spacial score (nSPS) is 30.3. The van der Waals surface area contributed by atoms with Gasteiger partial charge in [0.2, 0.25) is 6.79 Å². The number of para-hydroxylation sites is 1. The predicted octanol–water partition coefficient (Wildman–Crippen LogP) is 3.81.